The molecule has 0 radical (unpaired) electrons. The molecule has 6 nitrogen and oxygen atoms in total. The van der Waals surface area contributed by atoms with Gasteiger partial charge in [-0.15, -0.1) is 4.40 Å². The number of rotatable bonds is 8. The van der Waals surface area contributed by atoms with Crippen LogP contribution in [0.3, 0.4) is 0 Å². The molecule has 3 aromatic rings. The van der Waals surface area contributed by atoms with E-state index in [0.717, 1.165) is 12.3 Å². The molecule has 1 N–H and O–H groups in total. The molecule has 2 heterocycles. The molecule has 0 bridgehead atoms. The van der Waals surface area contributed by atoms with Crippen molar-refractivity contribution >= 4 is 15.9 Å². The Bertz CT molecular complexity index is 1490. The first kappa shape index (κ1) is 29.7. The van der Waals surface area contributed by atoms with E-state index in [4.69, 9.17) is 4.74 Å². The van der Waals surface area contributed by atoms with E-state index in [-0.39, 0.29) is 31.8 Å². The average Bonchev–Trinajstić information content (AvgIpc) is 2.87. The maximum Gasteiger partial charge on any atom is 0.417 e. The van der Waals surface area contributed by atoms with Crippen molar-refractivity contribution in [2.24, 2.45) is 4.40 Å². The monoisotopic (exact) mass is 578 g/mol. The zero-order chi connectivity index (χ0) is 29.3. The van der Waals surface area contributed by atoms with Crippen molar-refractivity contribution in [3.8, 4) is 11.3 Å². The summed E-state index contributed by atoms with van der Waals surface area (Å²) in [6, 6.07) is 15.1. The molecule has 0 saturated carbocycles. The molecular formula is C29H30F4N2O4S. The van der Waals surface area contributed by atoms with Gasteiger partial charge < -0.3 is 9.84 Å². The summed E-state index contributed by atoms with van der Waals surface area (Å²) in [5.41, 5.74) is -0.151. The second kappa shape index (κ2) is 10.9. The van der Waals surface area contributed by atoms with Gasteiger partial charge in [-0.3, -0.25) is 4.98 Å². The van der Waals surface area contributed by atoms with E-state index in [1.54, 1.807) is 63.2 Å². The molecule has 4 rings (SSSR count). The molecule has 0 amide bonds. The SMILES string of the molecule is CC1(C)OC(C[C@@H](CCO)c2ccccc2F)=NS(=O)(=O)C1(C)Cc1ccc(-c2ccc(C(F)(F)F)cn2)cc1. The predicted molar refractivity (Wildman–Crippen MR) is 144 cm³/mol. The summed E-state index contributed by atoms with van der Waals surface area (Å²) in [5, 5.41) is 9.54. The van der Waals surface area contributed by atoms with Gasteiger partial charge in [0.25, 0.3) is 10.0 Å². The fourth-order valence-corrected chi connectivity index (χ4v) is 6.40. The number of ether oxygens (including phenoxy) is 1. The number of pyridine rings is 1. The summed E-state index contributed by atoms with van der Waals surface area (Å²) in [5.74, 6) is -1.04. The van der Waals surface area contributed by atoms with Crippen LogP contribution in [-0.4, -0.2) is 41.4 Å². The third-order valence-electron chi connectivity index (χ3n) is 7.56. The number of sulfonamides is 1. The molecule has 1 aromatic heterocycles. The van der Waals surface area contributed by atoms with E-state index >= 15 is 0 Å². The minimum Gasteiger partial charge on any atom is -0.472 e. The second-order valence-corrected chi connectivity index (χ2v) is 12.6. The minimum absolute atomic E-state index is 0.00490. The zero-order valence-corrected chi connectivity index (χ0v) is 23.1. The quantitative estimate of drug-likeness (QED) is 0.317. The lowest BCUT2D eigenvalue weighted by Gasteiger charge is -2.45. The molecule has 0 aliphatic carbocycles. The lowest BCUT2D eigenvalue weighted by Crippen LogP contribution is -2.59. The summed E-state index contributed by atoms with van der Waals surface area (Å²) >= 11 is 0. The van der Waals surface area contributed by atoms with Crippen LogP contribution >= 0.6 is 0 Å². The van der Waals surface area contributed by atoms with Crippen LogP contribution in [0.1, 0.15) is 56.2 Å². The van der Waals surface area contributed by atoms with E-state index in [9.17, 15) is 31.1 Å². The van der Waals surface area contributed by atoms with Crippen molar-refractivity contribution in [2.75, 3.05) is 6.61 Å². The Morgan fingerprint density at radius 1 is 1.00 bits per heavy atom. The summed E-state index contributed by atoms with van der Waals surface area (Å²) in [4.78, 5) is 3.90. The van der Waals surface area contributed by atoms with Crippen molar-refractivity contribution in [1.82, 2.24) is 4.98 Å². The van der Waals surface area contributed by atoms with Gasteiger partial charge in [-0.2, -0.15) is 13.2 Å². The van der Waals surface area contributed by atoms with Gasteiger partial charge in [0.05, 0.1) is 11.3 Å². The van der Waals surface area contributed by atoms with Crippen LogP contribution in [0.25, 0.3) is 11.3 Å². The molecular weight excluding hydrogens is 548 g/mol. The highest BCUT2D eigenvalue weighted by Gasteiger charge is 2.56. The molecule has 40 heavy (non-hydrogen) atoms. The number of benzene rings is 2. The molecule has 1 aliphatic rings. The van der Waals surface area contributed by atoms with Crippen LogP contribution in [0, 0.1) is 5.82 Å². The largest absolute Gasteiger partial charge is 0.472 e. The summed E-state index contributed by atoms with van der Waals surface area (Å²) in [7, 11) is -4.12. The number of aromatic nitrogens is 1. The van der Waals surface area contributed by atoms with Crippen LogP contribution in [0.4, 0.5) is 17.6 Å². The van der Waals surface area contributed by atoms with Gasteiger partial charge in [-0.1, -0.05) is 42.5 Å². The second-order valence-electron chi connectivity index (χ2n) is 10.5. The average molecular weight is 579 g/mol. The normalized spacial score (nSPS) is 20.9. The smallest absolute Gasteiger partial charge is 0.417 e. The molecule has 0 saturated heterocycles. The summed E-state index contributed by atoms with van der Waals surface area (Å²) in [6.45, 7) is 4.64. The fourth-order valence-electron chi connectivity index (χ4n) is 4.81. The van der Waals surface area contributed by atoms with Gasteiger partial charge in [-0.25, -0.2) is 12.8 Å². The molecule has 1 unspecified atom stereocenters. The molecule has 2 aromatic carbocycles. The molecule has 214 valence electrons. The molecule has 0 spiro atoms. The van der Waals surface area contributed by atoms with E-state index in [1.807, 2.05) is 0 Å². The Hall–Kier alpha value is -3.31. The maximum atomic E-state index is 14.5. The fraction of sp³-hybridized carbons (Fsp3) is 0.379. The first-order valence-corrected chi connectivity index (χ1v) is 14.1. The number of hydrogen-bond acceptors (Lipinski definition) is 5. The van der Waals surface area contributed by atoms with E-state index in [1.165, 1.54) is 12.1 Å². The van der Waals surface area contributed by atoms with Crippen LogP contribution < -0.4 is 0 Å². The topological polar surface area (TPSA) is 88.9 Å². The highest BCUT2D eigenvalue weighted by atomic mass is 32.2. The van der Waals surface area contributed by atoms with Crippen molar-refractivity contribution in [1.29, 1.82) is 0 Å². The third kappa shape index (κ3) is 5.90. The Kier molecular flexibility index (Phi) is 8.11. The first-order valence-electron chi connectivity index (χ1n) is 12.7. The van der Waals surface area contributed by atoms with Gasteiger partial charge in [-0.05, 0) is 68.9 Å². The van der Waals surface area contributed by atoms with E-state index in [2.05, 4.69) is 9.38 Å². The lowest BCUT2D eigenvalue weighted by atomic mass is 9.85. The van der Waals surface area contributed by atoms with Gasteiger partial charge >= 0.3 is 6.18 Å². The van der Waals surface area contributed by atoms with Crippen LogP contribution in [-0.2, 0) is 27.4 Å². The van der Waals surface area contributed by atoms with Crippen LogP contribution in [0.5, 0.6) is 0 Å². The van der Waals surface area contributed by atoms with Crippen LogP contribution in [0.2, 0.25) is 0 Å². The molecule has 1 aliphatic heterocycles. The number of aliphatic hydroxyl groups excluding tert-OH is 1. The third-order valence-corrected chi connectivity index (χ3v) is 9.78. The molecule has 0 fully saturated rings. The van der Waals surface area contributed by atoms with Crippen molar-refractivity contribution in [3.05, 3.63) is 89.4 Å². The van der Waals surface area contributed by atoms with Gasteiger partial charge in [0.1, 0.15) is 16.2 Å². The summed E-state index contributed by atoms with van der Waals surface area (Å²) in [6.07, 6.45) is -3.47. The number of halogens is 4. The number of alkyl halides is 3. The highest BCUT2D eigenvalue weighted by molar-refractivity contribution is 7.91. The Morgan fingerprint density at radius 2 is 1.68 bits per heavy atom. The van der Waals surface area contributed by atoms with Gasteiger partial charge in [0.2, 0.25) is 5.90 Å². The first-order chi connectivity index (χ1) is 18.7. The summed E-state index contributed by atoms with van der Waals surface area (Å²) < 4.78 is 88.8. The lowest BCUT2D eigenvalue weighted by molar-refractivity contribution is -0.137. The van der Waals surface area contributed by atoms with Crippen molar-refractivity contribution < 1.29 is 35.8 Å². The van der Waals surface area contributed by atoms with E-state index < -0.39 is 43.8 Å². The van der Waals surface area contributed by atoms with Crippen LogP contribution in [0.15, 0.2) is 71.3 Å². The number of nitrogens with zero attached hydrogens (tertiary/aromatic N) is 2. The highest BCUT2D eigenvalue weighted by Crippen LogP contribution is 2.42. The molecule has 11 heteroatoms. The maximum absolute atomic E-state index is 14.5. The zero-order valence-electron chi connectivity index (χ0n) is 22.2. The number of aliphatic hydroxyl groups is 1. The van der Waals surface area contributed by atoms with Crippen molar-refractivity contribution in [2.45, 2.75) is 62.5 Å². The van der Waals surface area contributed by atoms with Crippen molar-refractivity contribution in [3.63, 3.8) is 0 Å². The standard InChI is InChI=1S/C29H30F4N2O4S/c1-27(2)28(3,17-19-8-10-20(11-9-19)25-13-12-22(18-34-25)29(31,32)33)40(37,38)35-26(39-27)16-21(14-15-36)23-6-4-5-7-24(23)30/h4-13,18,21,36H,14-17H2,1-3H3/t21-,28?/m1/s1. The van der Waals surface area contributed by atoms with Gasteiger partial charge in [0.15, 0.2) is 0 Å². The predicted octanol–water partition coefficient (Wildman–Crippen LogP) is 6.30. The Balaban J connectivity index is 1.57. The Morgan fingerprint density at radius 3 is 2.23 bits per heavy atom. The minimum atomic E-state index is -4.48. The Labute approximate surface area is 230 Å². The van der Waals surface area contributed by atoms with Gasteiger partial charge in [0, 0.05) is 24.8 Å². The molecule has 2 atom stereocenters. The van der Waals surface area contributed by atoms with E-state index in [0.29, 0.717) is 22.4 Å². The number of hydrogen-bond donors (Lipinski definition) is 1.